The number of amides is 2. The van der Waals surface area contributed by atoms with E-state index in [4.69, 9.17) is 0 Å². The van der Waals surface area contributed by atoms with Gasteiger partial charge in [0, 0.05) is 22.9 Å². The Labute approximate surface area is 149 Å². The van der Waals surface area contributed by atoms with Crippen LogP contribution in [0.25, 0.3) is 10.6 Å². The fourth-order valence-corrected chi connectivity index (χ4v) is 4.09. The third-order valence-electron chi connectivity index (χ3n) is 3.71. The number of hydrogen-bond donors (Lipinski definition) is 1. The van der Waals surface area contributed by atoms with Crippen LogP contribution in [0.3, 0.4) is 0 Å². The minimum atomic E-state index is -4.45. The summed E-state index contributed by atoms with van der Waals surface area (Å²) in [4.78, 5) is 29.4. The molecule has 10 heteroatoms. The first kappa shape index (κ1) is 17.9. The first-order chi connectivity index (χ1) is 11.8. The third kappa shape index (κ3) is 4.37. The molecule has 2 aromatic rings. The number of likely N-dealkylation sites (tertiary alicyclic amines) is 1. The summed E-state index contributed by atoms with van der Waals surface area (Å²) >= 11 is 2.81. The molecule has 1 aliphatic rings. The molecule has 1 N–H and O–H groups in total. The van der Waals surface area contributed by atoms with Crippen LogP contribution in [-0.2, 0) is 4.79 Å². The van der Waals surface area contributed by atoms with Gasteiger partial charge in [-0.05, 0) is 24.3 Å². The van der Waals surface area contributed by atoms with E-state index in [1.807, 2.05) is 16.8 Å². The first-order valence-electron chi connectivity index (χ1n) is 7.48. The normalized spacial score (nSPS) is 18.4. The molecule has 0 aliphatic carbocycles. The maximum atomic E-state index is 12.5. The largest absolute Gasteiger partial charge is 0.406 e. The summed E-state index contributed by atoms with van der Waals surface area (Å²) in [6.45, 7) is -1.25. The van der Waals surface area contributed by atoms with Gasteiger partial charge in [-0.25, -0.2) is 4.98 Å². The zero-order valence-corrected chi connectivity index (χ0v) is 14.5. The number of carbonyl (C=O) groups is 2. The standard InChI is InChI=1S/C15H14F3N3O2S2/c16-15(17,18)8-21-4-1-2-10(14(21)23)19-12(22)11-7-25-13(20-11)9-3-5-24-6-9/h3,5-7,10H,1-2,4,8H2,(H,19,22). The van der Waals surface area contributed by atoms with Crippen LogP contribution in [-0.4, -0.2) is 47.0 Å². The van der Waals surface area contributed by atoms with Crippen LogP contribution in [0.1, 0.15) is 23.3 Å². The number of thiophene rings is 1. The Hall–Kier alpha value is -1.94. The van der Waals surface area contributed by atoms with E-state index in [1.165, 1.54) is 22.7 Å². The molecule has 1 atom stereocenters. The molecule has 1 aliphatic heterocycles. The van der Waals surface area contributed by atoms with Crippen molar-refractivity contribution >= 4 is 34.5 Å². The van der Waals surface area contributed by atoms with Crippen molar-refractivity contribution in [3.05, 3.63) is 27.9 Å². The Morgan fingerprint density at radius 1 is 1.40 bits per heavy atom. The Balaban J connectivity index is 1.65. The van der Waals surface area contributed by atoms with Crippen LogP contribution in [0.4, 0.5) is 13.2 Å². The monoisotopic (exact) mass is 389 g/mol. The summed E-state index contributed by atoms with van der Waals surface area (Å²) in [5, 5.41) is 8.56. The number of nitrogens with zero attached hydrogens (tertiary/aromatic N) is 2. The van der Waals surface area contributed by atoms with Gasteiger partial charge >= 0.3 is 6.18 Å². The van der Waals surface area contributed by atoms with Crippen LogP contribution in [0.15, 0.2) is 22.2 Å². The first-order valence-corrected chi connectivity index (χ1v) is 9.30. The van der Waals surface area contributed by atoms with Gasteiger partial charge in [-0.2, -0.15) is 24.5 Å². The van der Waals surface area contributed by atoms with Crippen molar-refractivity contribution in [2.45, 2.75) is 25.1 Å². The third-order valence-corrected chi connectivity index (χ3v) is 5.29. The Kier molecular flexibility index (Phi) is 5.09. The molecule has 0 saturated carbocycles. The average molecular weight is 389 g/mol. The van der Waals surface area contributed by atoms with Crippen molar-refractivity contribution in [3.8, 4) is 10.6 Å². The van der Waals surface area contributed by atoms with E-state index in [-0.39, 0.29) is 12.2 Å². The lowest BCUT2D eigenvalue weighted by molar-refractivity contribution is -0.164. The lowest BCUT2D eigenvalue weighted by Gasteiger charge is -2.32. The molecule has 134 valence electrons. The molecule has 1 fully saturated rings. The number of hydrogen-bond acceptors (Lipinski definition) is 5. The molecule has 5 nitrogen and oxygen atoms in total. The van der Waals surface area contributed by atoms with Gasteiger partial charge in [-0.15, -0.1) is 11.3 Å². The molecule has 2 aromatic heterocycles. The number of rotatable bonds is 4. The zero-order chi connectivity index (χ0) is 18.0. The highest BCUT2D eigenvalue weighted by molar-refractivity contribution is 7.14. The maximum absolute atomic E-state index is 12.5. The smallest absolute Gasteiger partial charge is 0.339 e. The van der Waals surface area contributed by atoms with Gasteiger partial charge in [0.1, 0.15) is 23.3 Å². The van der Waals surface area contributed by atoms with E-state index < -0.39 is 30.6 Å². The van der Waals surface area contributed by atoms with Crippen molar-refractivity contribution < 1.29 is 22.8 Å². The van der Waals surface area contributed by atoms with Crippen LogP contribution in [0, 0.1) is 0 Å². The fourth-order valence-electron chi connectivity index (χ4n) is 2.58. The van der Waals surface area contributed by atoms with E-state index in [0.29, 0.717) is 17.8 Å². The topological polar surface area (TPSA) is 62.3 Å². The number of aromatic nitrogens is 1. The van der Waals surface area contributed by atoms with Crippen LogP contribution >= 0.6 is 22.7 Å². The highest BCUT2D eigenvalue weighted by Crippen LogP contribution is 2.26. The van der Waals surface area contributed by atoms with Gasteiger partial charge in [0.05, 0.1) is 0 Å². The van der Waals surface area contributed by atoms with E-state index in [0.717, 1.165) is 10.5 Å². The second-order valence-corrected chi connectivity index (χ2v) is 7.23. The molecule has 3 heterocycles. The SMILES string of the molecule is O=C(NC1CCCN(CC(F)(F)F)C1=O)c1csc(-c2ccsc2)n1. The molecule has 3 rings (SSSR count). The lowest BCUT2D eigenvalue weighted by atomic mass is 10.0. The Morgan fingerprint density at radius 3 is 2.88 bits per heavy atom. The minimum absolute atomic E-state index is 0.0454. The van der Waals surface area contributed by atoms with Gasteiger partial charge < -0.3 is 10.2 Å². The highest BCUT2D eigenvalue weighted by Gasteiger charge is 2.38. The predicted octanol–water partition coefficient (Wildman–Crippen LogP) is 3.15. The van der Waals surface area contributed by atoms with E-state index >= 15 is 0 Å². The molecular weight excluding hydrogens is 375 g/mol. The van der Waals surface area contributed by atoms with Crippen LogP contribution < -0.4 is 5.32 Å². The predicted molar refractivity (Wildman–Crippen MR) is 88.6 cm³/mol. The number of nitrogens with one attached hydrogen (secondary N) is 1. The summed E-state index contributed by atoms with van der Waals surface area (Å²) < 4.78 is 37.5. The molecule has 0 spiro atoms. The summed E-state index contributed by atoms with van der Waals surface area (Å²) in [7, 11) is 0. The summed E-state index contributed by atoms with van der Waals surface area (Å²) in [5.41, 5.74) is 1.06. The number of halogens is 3. The van der Waals surface area contributed by atoms with Gasteiger partial charge in [0.2, 0.25) is 5.91 Å². The number of thiazole rings is 1. The van der Waals surface area contributed by atoms with Gasteiger partial charge in [0.25, 0.3) is 5.91 Å². The molecular formula is C15H14F3N3O2S2. The summed E-state index contributed by atoms with van der Waals surface area (Å²) in [5.74, 6) is -1.25. The summed E-state index contributed by atoms with van der Waals surface area (Å²) in [6, 6.07) is 0.931. The molecule has 0 bridgehead atoms. The number of piperidine rings is 1. The lowest BCUT2D eigenvalue weighted by Crippen LogP contribution is -2.54. The molecule has 2 amide bonds. The maximum Gasteiger partial charge on any atom is 0.406 e. The second-order valence-electron chi connectivity index (χ2n) is 5.59. The quantitative estimate of drug-likeness (QED) is 0.874. The Morgan fingerprint density at radius 2 is 2.20 bits per heavy atom. The summed E-state index contributed by atoms with van der Waals surface area (Å²) in [6.07, 6.45) is -3.73. The van der Waals surface area contributed by atoms with Crippen molar-refractivity contribution in [2.75, 3.05) is 13.1 Å². The van der Waals surface area contributed by atoms with Gasteiger partial charge in [-0.1, -0.05) is 0 Å². The van der Waals surface area contributed by atoms with Gasteiger partial charge in [-0.3, -0.25) is 9.59 Å². The molecule has 0 aromatic carbocycles. The molecule has 0 radical (unpaired) electrons. The minimum Gasteiger partial charge on any atom is -0.339 e. The number of carbonyl (C=O) groups excluding carboxylic acids is 2. The fraction of sp³-hybridized carbons (Fsp3) is 0.400. The van der Waals surface area contributed by atoms with Crippen molar-refractivity contribution in [1.29, 1.82) is 0 Å². The van der Waals surface area contributed by atoms with Crippen molar-refractivity contribution in [2.24, 2.45) is 0 Å². The van der Waals surface area contributed by atoms with Crippen molar-refractivity contribution in [1.82, 2.24) is 15.2 Å². The van der Waals surface area contributed by atoms with E-state index in [1.54, 1.807) is 5.38 Å². The van der Waals surface area contributed by atoms with Gasteiger partial charge in [0.15, 0.2) is 0 Å². The molecule has 1 saturated heterocycles. The van der Waals surface area contributed by atoms with Crippen LogP contribution in [0.2, 0.25) is 0 Å². The molecule has 25 heavy (non-hydrogen) atoms. The Bertz CT molecular complexity index is 758. The van der Waals surface area contributed by atoms with Crippen LogP contribution in [0.5, 0.6) is 0 Å². The highest BCUT2D eigenvalue weighted by atomic mass is 32.1. The van der Waals surface area contributed by atoms with Crippen molar-refractivity contribution in [3.63, 3.8) is 0 Å². The molecule has 1 unspecified atom stereocenters. The van der Waals surface area contributed by atoms with E-state index in [9.17, 15) is 22.8 Å². The second kappa shape index (κ2) is 7.12. The van der Waals surface area contributed by atoms with E-state index in [2.05, 4.69) is 10.3 Å². The number of alkyl halides is 3. The average Bonchev–Trinajstić information content (AvgIpc) is 3.20. The zero-order valence-electron chi connectivity index (χ0n) is 12.9.